The van der Waals surface area contributed by atoms with Crippen LogP contribution in [0.5, 0.6) is 0 Å². The van der Waals surface area contributed by atoms with E-state index in [1.165, 1.54) is 10.5 Å². The molecule has 1 heterocycles. The van der Waals surface area contributed by atoms with E-state index in [0.29, 0.717) is 13.1 Å². The van der Waals surface area contributed by atoms with E-state index in [-0.39, 0.29) is 0 Å². The van der Waals surface area contributed by atoms with Crippen LogP contribution in [0.15, 0.2) is 23.8 Å². The number of allylic oxidation sites excluding steroid dienone is 1. The first-order chi connectivity index (χ1) is 5.61. The molecule has 0 unspecified atom stereocenters. The molecule has 0 fully saturated rings. The first-order valence-corrected chi connectivity index (χ1v) is 3.94. The quantitative estimate of drug-likeness (QED) is 0.647. The second kappa shape index (κ2) is 3.43. The molecule has 0 spiro atoms. The summed E-state index contributed by atoms with van der Waals surface area (Å²) in [5.74, 6) is 0. The van der Waals surface area contributed by atoms with Gasteiger partial charge in [-0.15, -0.1) is 0 Å². The van der Waals surface area contributed by atoms with E-state index in [1.807, 2.05) is 13.0 Å². The number of hydrogen-bond acceptors (Lipinski definition) is 1. The van der Waals surface area contributed by atoms with E-state index >= 15 is 0 Å². The van der Waals surface area contributed by atoms with Gasteiger partial charge in [-0.2, -0.15) is 0 Å². The summed E-state index contributed by atoms with van der Waals surface area (Å²) in [6.45, 7) is 6.85. The molecule has 0 aromatic carbocycles. The van der Waals surface area contributed by atoms with Gasteiger partial charge in [0, 0.05) is 13.1 Å². The molecule has 1 N–H and O–H groups in total. The van der Waals surface area contributed by atoms with E-state index in [4.69, 9.17) is 5.11 Å². The van der Waals surface area contributed by atoms with Crippen LogP contribution in [-0.4, -0.2) is 29.2 Å². The number of rotatable bonds is 1. The van der Waals surface area contributed by atoms with Crippen molar-refractivity contribution in [3.8, 4) is 0 Å². The Hall–Kier alpha value is -1.25. The Kier molecular flexibility index (Phi) is 2.53. The van der Waals surface area contributed by atoms with Crippen molar-refractivity contribution in [1.82, 2.24) is 4.90 Å². The number of nitrogens with zero attached hydrogens (tertiary/aromatic N) is 1. The fourth-order valence-corrected chi connectivity index (χ4v) is 1.23. The molecular formula is C9H13NO2. The lowest BCUT2D eigenvalue weighted by Gasteiger charge is -2.23. The lowest BCUT2D eigenvalue weighted by Crippen LogP contribution is -2.33. The van der Waals surface area contributed by atoms with Gasteiger partial charge in [-0.1, -0.05) is 18.2 Å². The van der Waals surface area contributed by atoms with Gasteiger partial charge in [0.2, 0.25) is 0 Å². The standard InChI is InChI=1S/C9H13NO2/c1-7(2)8-3-5-10(6-4-8)9(11)12/h3H,1,4-6H2,2H3,(H,11,12). The summed E-state index contributed by atoms with van der Waals surface area (Å²) < 4.78 is 0. The minimum absolute atomic E-state index is 0.498. The first-order valence-electron chi connectivity index (χ1n) is 3.94. The minimum atomic E-state index is -0.841. The van der Waals surface area contributed by atoms with Gasteiger partial charge in [-0.25, -0.2) is 4.79 Å². The van der Waals surface area contributed by atoms with Crippen LogP contribution >= 0.6 is 0 Å². The van der Waals surface area contributed by atoms with Crippen LogP contribution in [0, 0.1) is 0 Å². The van der Waals surface area contributed by atoms with Crippen molar-refractivity contribution in [3.63, 3.8) is 0 Å². The largest absolute Gasteiger partial charge is 0.465 e. The van der Waals surface area contributed by atoms with Crippen LogP contribution in [0.2, 0.25) is 0 Å². The smallest absolute Gasteiger partial charge is 0.407 e. The van der Waals surface area contributed by atoms with Crippen LogP contribution in [0.25, 0.3) is 0 Å². The van der Waals surface area contributed by atoms with Crippen LogP contribution in [0.3, 0.4) is 0 Å². The maximum atomic E-state index is 10.5. The predicted molar refractivity (Wildman–Crippen MR) is 47.1 cm³/mol. The van der Waals surface area contributed by atoms with Gasteiger partial charge in [-0.3, -0.25) is 0 Å². The van der Waals surface area contributed by atoms with E-state index < -0.39 is 6.09 Å². The van der Waals surface area contributed by atoms with Gasteiger partial charge >= 0.3 is 6.09 Å². The molecule has 0 aromatic heterocycles. The molecule has 1 rings (SSSR count). The number of hydrogen-bond donors (Lipinski definition) is 1. The lowest BCUT2D eigenvalue weighted by molar-refractivity contribution is 0.149. The molecule has 3 heteroatoms. The zero-order chi connectivity index (χ0) is 9.14. The monoisotopic (exact) mass is 167 g/mol. The normalized spacial score (nSPS) is 17.1. The van der Waals surface area contributed by atoms with Crippen LogP contribution in [0.1, 0.15) is 13.3 Å². The van der Waals surface area contributed by atoms with Crippen LogP contribution in [0.4, 0.5) is 4.79 Å². The number of amides is 1. The second-order valence-corrected chi connectivity index (χ2v) is 2.99. The molecule has 0 aliphatic carbocycles. The third-order valence-electron chi connectivity index (χ3n) is 2.03. The fraction of sp³-hybridized carbons (Fsp3) is 0.444. The van der Waals surface area contributed by atoms with Crippen molar-refractivity contribution in [3.05, 3.63) is 23.8 Å². The second-order valence-electron chi connectivity index (χ2n) is 2.99. The highest BCUT2D eigenvalue weighted by Gasteiger charge is 2.15. The van der Waals surface area contributed by atoms with Gasteiger partial charge < -0.3 is 10.0 Å². The molecule has 0 bridgehead atoms. The Balaban J connectivity index is 2.59. The number of carbonyl (C=O) groups is 1. The lowest BCUT2D eigenvalue weighted by atomic mass is 10.0. The third kappa shape index (κ3) is 1.87. The Morgan fingerprint density at radius 1 is 1.75 bits per heavy atom. The van der Waals surface area contributed by atoms with Gasteiger partial charge in [0.05, 0.1) is 0 Å². The Morgan fingerprint density at radius 3 is 2.75 bits per heavy atom. The summed E-state index contributed by atoms with van der Waals surface area (Å²) in [5, 5.41) is 8.64. The van der Waals surface area contributed by atoms with E-state index in [1.54, 1.807) is 0 Å². The highest BCUT2D eigenvalue weighted by atomic mass is 16.4. The molecule has 0 radical (unpaired) electrons. The zero-order valence-electron chi connectivity index (χ0n) is 7.21. The summed E-state index contributed by atoms with van der Waals surface area (Å²) in [6, 6.07) is 0. The van der Waals surface area contributed by atoms with Crippen molar-refractivity contribution in [2.75, 3.05) is 13.1 Å². The molecule has 0 aromatic rings. The van der Waals surface area contributed by atoms with Crippen molar-refractivity contribution in [1.29, 1.82) is 0 Å². The fourth-order valence-electron chi connectivity index (χ4n) is 1.23. The average Bonchev–Trinajstić information content (AvgIpc) is 2.04. The molecule has 66 valence electrons. The summed E-state index contributed by atoms with van der Waals surface area (Å²) >= 11 is 0. The highest BCUT2D eigenvalue weighted by molar-refractivity contribution is 5.65. The summed E-state index contributed by atoms with van der Waals surface area (Å²) in [5.41, 5.74) is 2.23. The summed E-state index contributed by atoms with van der Waals surface area (Å²) in [6.07, 6.45) is 1.88. The molecular weight excluding hydrogens is 154 g/mol. The molecule has 0 atom stereocenters. The molecule has 0 saturated heterocycles. The van der Waals surface area contributed by atoms with Crippen molar-refractivity contribution in [2.45, 2.75) is 13.3 Å². The molecule has 1 aliphatic rings. The zero-order valence-corrected chi connectivity index (χ0v) is 7.21. The van der Waals surface area contributed by atoms with E-state index in [9.17, 15) is 4.79 Å². The highest BCUT2D eigenvalue weighted by Crippen LogP contribution is 2.16. The maximum Gasteiger partial charge on any atom is 0.407 e. The Labute approximate surface area is 72.0 Å². The topological polar surface area (TPSA) is 40.5 Å². The van der Waals surface area contributed by atoms with Gasteiger partial charge in [0.25, 0.3) is 0 Å². The van der Waals surface area contributed by atoms with Crippen molar-refractivity contribution in [2.24, 2.45) is 0 Å². The summed E-state index contributed by atoms with van der Waals surface area (Å²) in [4.78, 5) is 11.9. The van der Waals surface area contributed by atoms with Gasteiger partial charge in [0.15, 0.2) is 0 Å². The van der Waals surface area contributed by atoms with E-state index in [2.05, 4.69) is 6.58 Å². The van der Waals surface area contributed by atoms with Crippen molar-refractivity contribution < 1.29 is 9.90 Å². The first kappa shape index (κ1) is 8.84. The molecule has 3 nitrogen and oxygen atoms in total. The van der Waals surface area contributed by atoms with Crippen LogP contribution < -0.4 is 0 Å². The van der Waals surface area contributed by atoms with Crippen LogP contribution in [-0.2, 0) is 0 Å². The minimum Gasteiger partial charge on any atom is -0.465 e. The third-order valence-corrected chi connectivity index (χ3v) is 2.03. The maximum absolute atomic E-state index is 10.5. The summed E-state index contributed by atoms with van der Waals surface area (Å²) in [7, 11) is 0. The number of carboxylic acid groups (broad SMARTS) is 1. The predicted octanol–water partition coefficient (Wildman–Crippen LogP) is 1.87. The van der Waals surface area contributed by atoms with E-state index in [0.717, 1.165) is 12.0 Å². The van der Waals surface area contributed by atoms with Gasteiger partial charge in [0.1, 0.15) is 0 Å². The SMILES string of the molecule is C=C(C)C1=CCN(C(=O)O)CC1. The molecule has 1 aliphatic heterocycles. The van der Waals surface area contributed by atoms with Gasteiger partial charge in [-0.05, 0) is 18.9 Å². The average molecular weight is 167 g/mol. The Bertz CT molecular complexity index is 243. The van der Waals surface area contributed by atoms with Crippen molar-refractivity contribution >= 4 is 6.09 Å². The Morgan fingerprint density at radius 2 is 2.42 bits per heavy atom. The molecule has 1 amide bonds. The molecule has 0 saturated carbocycles. The molecule has 12 heavy (non-hydrogen) atoms.